The number of fused-ring (bicyclic) bond motifs is 3. The summed E-state index contributed by atoms with van der Waals surface area (Å²) in [6.45, 7) is 3.86. The average Bonchev–Trinajstić information content (AvgIpc) is 2.16. The topological polar surface area (TPSA) is 26.7 Å². The summed E-state index contributed by atoms with van der Waals surface area (Å²) in [5, 5.41) is 8.78. The Hall–Kier alpha value is 0.610. The highest BCUT2D eigenvalue weighted by Gasteiger charge is 2.37. The van der Waals surface area contributed by atoms with E-state index in [2.05, 4.69) is 30.9 Å². The lowest BCUT2D eigenvalue weighted by Gasteiger charge is -2.49. The molecule has 0 saturated carbocycles. The first kappa shape index (κ1) is 10.1. The summed E-state index contributed by atoms with van der Waals surface area (Å²) in [7, 11) is 0. The van der Waals surface area contributed by atoms with Gasteiger partial charge in [-0.1, -0.05) is 0 Å². The van der Waals surface area contributed by atoms with Crippen molar-refractivity contribution in [2.75, 3.05) is 26.2 Å². The number of rotatable bonds is 3. The van der Waals surface area contributed by atoms with E-state index < -0.39 is 0 Å². The second-order valence-electron chi connectivity index (χ2n) is 4.04. The molecule has 0 aromatic rings. The van der Waals surface area contributed by atoms with Gasteiger partial charge in [-0.05, 0) is 19.3 Å². The molecule has 2 atom stereocenters. The molecule has 13 heavy (non-hydrogen) atoms. The fourth-order valence-corrected chi connectivity index (χ4v) is 3.32. The van der Waals surface area contributed by atoms with Crippen molar-refractivity contribution in [1.29, 1.82) is 0 Å². The van der Waals surface area contributed by atoms with Crippen molar-refractivity contribution in [3.05, 3.63) is 0 Å². The van der Waals surface area contributed by atoms with E-state index >= 15 is 0 Å². The molecule has 3 nitrogen and oxygen atoms in total. The van der Waals surface area contributed by atoms with Crippen LogP contribution in [0.5, 0.6) is 0 Å². The minimum absolute atomic E-state index is 0.335. The molecule has 76 valence electrons. The van der Waals surface area contributed by atoms with Gasteiger partial charge in [0.15, 0.2) is 0 Å². The largest absolute Gasteiger partial charge is 0.396 e. The van der Waals surface area contributed by atoms with Crippen molar-refractivity contribution >= 4 is 22.9 Å². The van der Waals surface area contributed by atoms with Gasteiger partial charge in [-0.25, -0.2) is 3.11 Å². The summed E-state index contributed by atoms with van der Waals surface area (Å²) in [6.07, 6.45) is 3.66. The molecule has 4 heteroatoms. The van der Waals surface area contributed by atoms with Gasteiger partial charge in [-0.3, -0.25) is 4.90 Å². The Morgan fingerprint density at radius 1 is 1.23 bits per heavy atom. The first-order valence-corrected chi connectivity index (χ1v) is 6.05. The average molecular weight is 296 g/mol. The fraction of sp³-hybridized carbons (Fsp3) is 1.00. The van der Waals surface area contributed by atoms with Gasteiger partial charge < -0.3 is 5.11 Å². The molecule has 3 aliphatic heterocycles. The SMILES string of the molecule is OCCCN1CC2CCC1CN2I. The number of hydrogen-bond acceptors (Lipinski definition) is 3. The van der Waals surface area contributed by atoms with Gasteiger partial charge in [0.2, 0.25) is 0 Å². The fourth-order valence-electron chi connectivity index (χ4n) is 2.41. The lowest BCUT2D eigenvalue weighted by molar-refractivity contribution is 0.0337. The highest BCUT2D eigenvalue weighted by molar-refractivity contribution is 14.1. The molecular formula is C9H17IN2O. The number of halogens is 1. The van der Waals surface area contributed by atoms with E-state index in [-0.39, 0.29) is 0 Å². The smallest absolute Gasteiger partial charge is 0.0443 e. The maximum atomic E-state index is 8.78. The molecule has 0 amide bonds. The van der Waals surface area contributed by atoms with Crippen LogP contribution < -0.4 is 0 Å². The zero-order valence-electron chi connectivity index (χ0n) is 7.82. The third-order valence-corrected chi connectivity index (χ3v) is 4.36. The third-order valence-electron chi connectivity index (χ3n) is 3.18. The molecule has 0 spiro atoms. The molecule has 3 saturated heterocycles. The standard InChI is InChI=1S/C9H17IN2O/c10-12-7-8-2-3-9(12)6-11(8)4-1-5-13/h8-9,13H,1-7H2. The maximum Gasteiger partial charge on any atom is 0.0443 e. The van der Waals surface area contributed by atoms with Gasteiger partial charge in [0.25, 0.3) is 0 Å². The van der Waals surface area contributed by atoms with Crippen LogP contribution in [-0.4, -0.2) is 51.4 Å². The van der Waals surface area contributed by atoms with Gasteiger partial charge in [-0.2, -0.15) is 0 Å². The van der Waals surface area contributed by atoms with Crippen LogP contribution in [0.25, 0.3) is 0 Å². The Morgan fingerprint density at radius 2 is 2.00 bits per heavy atom. The number of aliphatic hydroxyl groups is 1. The van der Waals surface area contributed by atoms with E-state index in [0.29, 0.717) is 6.61 Å². The zero-order chi connectivity index (χ0) is 9.26. The second-order valence-corrected chi connectivity index (χ2v) is 5.28. The van der Waals surface area contributed by atoms with Crippen molar-refractivity contribution in [2.45, 2.75) is 31.3 Å². The molecule has 3 fully saturated rings. The Kier molecular flexibility index (Phi) is 3.45. The monoisotopic (exact) mass is 296 g/mol. The number of piperazine rings is 1. The predicted octanol–water partition coefficient (Wildman–Crippen LogP) is 0.867. The van der Waals surface area contributed by atoms with Crippen LogP contribution in [0.1, 0.15) is 19.3 Å². The molecule has 3 rings (SSSR count). The van der Waals surface area contributed by atoms with E-state index in [0.717, 1.165) is 25.0 Å². The summed E-state index contributed by atoms with van der Waals surface area (Å²) >= 11 is 2.45. The molecule has 3 heterocycles. The lowest BCUT2D eigenvalue weighted by atomic mass is 9.93. The molecule has 2 unspecified atom stereocenters. The van der Waals surface area contributed by atoms with Crippen LogP contribution in [-0.2, 0) is 0 Å². The van der Waals surface area contributed by atoms with Crippen molar-refractivity contribution in [1.82, 2.24) is 8.01 Å². The Morgan fingerprint density at radius 3 is 2.54 bits per heavy atom. The molecule has 0 radical (unpaired) electrons. The van der Waals surface area contributed by atoms with Gasteiger partial charge in [-0.15, -0.1) is 0 Å². The first-order valence-electron chi connectivity index (χ1n) is 5.08. The zero-order valence-corrected chi connectivity index (χ0v) is 9.98. The summed E-state index contributed by atoms with van der Waals surface area (Å²) in [6, 6.07) is 1.53. The molecular weight excluding hydrogens is 279 g/mol. The number of piperidine rings is 2. The van der Waals surface area contributed by atoms with Crippen LogP contribution in [0, 0.1) is 0 Å². The quantitative estimate of drug-likeness (QED) is 0.618. The van der Waals surface area contributed by atoms with Crippen LogP contribution in [0.15, 0.2) is 0 Å². The van der Waals surface area contributed by atoms with Gasteiger partial charge in [0.05, 0.1) is 0 Å². The summed E-state index contributed by atoms with van der Waals surface area (Å²) in [4.78, 5) is 2.56. The van der Waals surface area contributed by atoms with Crippen molar-refractivity contribution in [2.24, 2.45) is 0 Å². The Labute approximate surface area is 93.6 Å². The van der Waals surface area contributed by atoms with E-state index in [1.165, 1.54) is 25.9 Å². The van der Waals surface area contributed by atoms with Gasteiger partial charge >= 0.3 is 0 Å². The number of hydrogen-bond donors (Lipinski definition) is 1. The summed E-state index contributed by atoms with van der Waals surface area (Å²) in [5.74, 6) is 0. The second kappa shape index (κ2) is 4.42. The number of aliphatic hydroxyl groups excluding tert-OH is 1. The lowest BCUT2D eigenvalue weighted by Crippen LogP contribution is -2.59. The normalized spacial score (nSPS) is 35.5. The van der Waals surface area contributed by atoms with E-state index in [1.54, 1.807) is 0 Å². The van der Waals surface area contributed by atoms with Gasteiger partial charge in [0, 0.05) is 61.2 Å². The summed E-state index contributed by atoms with van der Waals surface area (Å²) < 4.78 is 2.46. The molecule has 0 aromatic heterocycles. The first-order chi connectivity index (χ1) is 6.31. The highest BCUT2D eigenvalue weighted by atomic mass is 127. The van der Waals surface area contributed by atoms with Crippen molar-refractivity contribution < 1.29 is 5.11 Å². The Balaban J connectivity index is 1.87. The van der Waals surface area contributed by atoms with E-state index in [1.807, 2.05) is 0 Å². The van der Waals surface area contributed by atoms with Crippen LogP contribution in [0.3, 0.4) is 0 Å². The minimum Gasteiger partial charge on any atom is -0.396 e. The highest BCUT2D eigenvalue weighted by Crippen LogP contribution is 2.30. The molecule has 2 bridgehead atoms. The molecule has 0 aromatic carbocycles. The third kappa shape index (κ3) is 2.16. The van der Waals surface area contributed by atoms with Crippen molar-refractivity contribution in [3.8, 4) is 0 Å². The molecule has 3 aliphatic rings. The minimum atomic E-state index is 0.335. The van der Waals surface area contributed by atoms with Crippen LogP contribution in [0.2, 0.25) is 0 Å². The van der Waals surface area contributed by atoms with Crippen LogP contribution in [0.4, 0.5) is 0 Å². The van der Waals surface area contributed by atoms with E-state index in [9.17, 15) is 0 Å². The molecule has 0 aliphatic carbocycles. The predicted molar refractivity (Wildman–Crippen MR) is 60.8 cm³/mol. The van der Waals surface area contributed by atoms with Crippen molar-refractivity contribution in [3.63, 3.8) is 0 Å². The summed E-state index contributed by atoms with van der Waals surface area (Å²) in [5.41, 5.74) is 0. The molecule has 1 N–H and O–H groups in total. The van der Waals surface area contributed by atoms with Gasteiger partial charge in [0.1, 0.15) is 0 Å². The van der Waals surface area contributed by atoms with E-state index in [4.69, 9.17) is 5.11 Å². The number of nitrogens with zero attached hydrogens (tertiary/aromatic N) is 2. The maximum absolute atomic E-state index is 8.78. The van der Waals surface area contributed by atoms with Crippen LogP contribution >= 0.6 is 22.9 Å². The Bertz CT molecular complexity index is 179.